The molecule has 1 aliphatic heterocycles. The first-order chi connectivity index (χ1) is 10.1. The van der Waals surface area contributed by atoms with E-state index in [1.54, 1.807) is 18.2 Å². The molecule has 5 heteroatoms. The molecule has 1 aliphatic rings. The summed E-state index contributed by atoms with van der Waals surface area (Å²) in [5.41, 5.74) is 1.25. The number of piperidine rings is 1. The predicted molar refractivity (Wildman–Crippen MR) is 84.4 cm³/mol. The average molecular weight is 307 g/mol. The van der Waals surface area contributed by atoms with Gasteiger partial charge in [-0.1, -0.05) is 30.4 Å². The minimum atomic E-state index is -0.198. The van der Waals surface area contributed by atoms with E-state index in [1.165, 1.54) is 0 Å². The molecule has 0 bridgehead atoms. The standard InChI is InChI=1S/C16H19ClN2O2/c1-12-4-2-8-19(11-12)16(21)18-15-10-13(5-3-9-20)6-7-14(15)17/h6-7,10,12,20H,2,4,8-9,11H2,1H3,(H,18,21). The van der Waals surface area contributed by atoms with Crippen LogP contribution >= 0.6 is 11.6 Å². The zero-order valence-corrected chi connectivity index (χ0v) is 12.8. The fourth-order valence-corrected chi connectivity index (χ4v) is 2.57. The third kappa shape index (κ3) is 4.38. The highest BCUT2D eigenvalue weighted by Gasteiger charge is 2.21. The number of likely N-dealkylation sites (tertiary alicyclic amines) is 1. The molecule has 1 saturated heterocycles. The zero-order valence-electron chi connectivity index (χ0n) is 12.0. The van der Waals surface area contributed by atoms with Crippen molar-refractivity contribution in [2.75, 3.05) is 25.0 Å². The van der Waals surface area contributed by atoms with E-state index in [0.29, 0.717) is 22.2 Å². The molecule has 0 radical (unpaired) electrons. The molecule has 1 atom stereocenters. The van der Waals surface area contributed by atoms with Gasteiger partial charge in [0.05, 0.1) is 10.7 Å². The molecule has 1 heterocycles. The first kappa shape index (κ1) is 15.7. The number of hydrogen-bond acceptors (Lipinski definition) is 2. The van der Waals surface area contributed by atoms with Gasteiger partial charge in [-0.3, -0.25) is 0 Å². The van der Waals surface area contributed by atoms with E-state index in [-0.39, 0.29) is 12.6 Å². The van der Waals surface area contributed by atoms with Crippen LogP contribution < -0.4 is 5.32 Å². The number of nitrogens with zero attached hydrogens (tertiary/aromatic N) is 1. The quantitative estimate of drug-likeness (QED) is 0.784. The summed E-state index contributed by atoms with van der Waals surface area (Å²) < 4.78 is 0. The topological polar surface area (TPSA) is 52.6 Å². The van der Waals surface area contributed by atoms with E-state index in [9.17, 15) is 4.79 Å². The van der Waals surface area contributed by atoms with Gasteiger partial charge >= 0.3 is 6.03 Å². The molecule has 1 aromatic carbocycles. The lowest BCUT2D eigenvalue weighted by molar-refractivity contribution is 0.182. The number of aliphatic hydroxyl groups is 1. The van der Waals surface area contributed by atoms with Gasteiger partial charge in [0.15, 0.2) is 0 Å². The molecule has 1 unspecified atom stereocenters. The van der Waals surface area contributed by atoms with Gasteiger partial charge < -0.3 is 15.3 Å². The Labute approximate surface area is 130 Å². The van der Waals surface area contributed by atoms with E-state index >= 15 is 0 Å². The fraction of sp³-hybridized carbons (Fsp3) is 0.438. The van der Waals surface area contributed by atoms with Gasteiger partial charge in [0.25, 0.3) is 0 Å². The van der Waals surface area contributed by atoms with Gasteiger partial charge in [-0.2, -0.15) is 0 Å². The summed E-state index contributed by atoms with van der Waals surface area (Å²) in [4.78, 5) is 14.1. The Morgan fingerprint density at radius 3 is 3.10 bits per heavy atom. The van der Waals surface area contributed by atoms with E-state index in [2.05, 4.69) is 24.1 Å². The number of amides is 2. The number of aliphatic hydroxyl groups excluding tert-OH is 1. The van der Waals surface area contributed by atoms with Crippen LogP contribution in [0.2, 0.25) is 5.02 Å². The van der Waals surface area contributed by atoms with Crippen molar-refractivity contribution < 1.29 is 9.90 Å². The third-order valence-corrected chi connectivity index (χ3v) is 3.79. The number of nitrogens with one attached hydrogen (secondary N) is 1. The molecule has 1 aromatic rings. The van der Waals surface area contributed by atoms with Gasteiger partial charge in [-0.15, -0.1) is 0 Å². The number of rotatable bonds is 1. The minimum absolute atomic E-state index is 0.129. The van der Waals surface area contributed by atoms with Gasteiger partial charge in [0.1, 0.15) is 6.61 Å². The maximum Gasteiger partial charge on any atom is 0.321 e. The lowest BCUT2D eigenvalue weighted by atomic mass is 10.0. The zero-order chi connectivity index (χ0) is 15.2. The van der Waals surface area contributed by atoms with Crippen molar-refractivity contribution in [1.82, 2.24) is 4.90 Å². The third-order valence-electron chi connectivity index (χ3n) is 3.46. The van der Waals surface area contributed by atoms with Crippen LogP contribution in [0.3, 0.4) is 0 Å². The Bertz CT molecular complexity index is 577. The maximum absolute atomic E-state index is 12.3. The van der Waals surface area contributed by atoms with Crippen LogP contribution in [0.4, 0.5) is 10.5 Å². The first-order valence-corrected chi connectivity index (χ1v) is 7.43. The SMILES string of the molecule is CC1CCCN(C(=O)Nc2cc(C#CCO)ccc2Cl)C1. The number of halogens is 1. The van der Waals surface area contributed by atoms with Crippen molar-refractivity contribution in [3.63, 3.8) is 0 Å². The second-order valence-corrected chi connectivity index (χ2v) is 5.69. The molecule has 2 N–H and O–H groups in total. The van der Waals surface area contributed by atoms with Crippen molar-refractivity contribution in [3.8, 4) is 11.8 Å². The van der Waals surface area contributed by atoms with Crippen LogP contribution in [-0.2, 0) is 0 Å². The Morgan fingerprint density at radius 1 is 1.57 bits per heavy atom. The molecule has 112 valence electrons. The summed E-state index contributed by atoms with van der Waals surface area (Å²) in [6.07, 6.45) is 2.20. The highest BCUT2D eigenvalue weighted by atomic mass is 35.5. The molecular formula is C16H19ClN2O2. The number of benzene rings is 1. The predicted octanol–water partition coefficient (Wildman–Crippen LogP) is 2.95. The maximum atomic E-state index is 12.3. The van der Waals surface area contributed by atoms with E-state index in [1.807, 2.05) is 4.90 Å². The Hall–Kier alpha value is -1.70. The van der Waals surface area contributed by atoms with Crippen LogP contribution in [0.5, 0.6) is 0 Å². The summed E-state index contributed by atoms with van der Waals surface area (Å²) in [5, 5.41) is 12.0. The van der Waals surface area contributed by atoms with Crippen molar-refractivity contribution in [1.29, 1.82) is 0 Å². The number of anilines is 1. The van der Waals surface area contributed by atoms with Crippen LogP contribution in [0, 0.1) is 17.8 Å². The molecule has 2 amide bonds. The highest BCUT2D eigenvalue weighted by Crippen LogP contribution is 2.24. The van der Waals surface area contributed by atoms with Crippen LogP contribution in [0.25, 0.3) is 0 Å². The van der Waals surface area contributed by atoms with Crippen molar-refractivity contribution in [2.45, 2.75) is 19.8 Å². The number of carbonyl (C=O) groups is 1. The van der Waals surface area contributed by atoms with Crippen LogP contribution in [0.15, 0.2) is 18.2 Å². The monoisotopic (exact) mass is 306 g/mol. The summed E-state index contributed by atoms with van der Waals surface area (Å²) in [5.74, 6) is 5.90. The Kier molecular flexibility index (Phi) is 5.49. The lowest BCUT2D eigenvalue weighted by Gasteiger charge is -2.31. The molecule has 0 spiro atoms. The second-order valence-electron chi connectivity index (χ2n) is 5.28. The summed E-state index contributed by atoms with van der Waals surface area (Å²) in [6.45, 7) is 3.50. The fourth-order valence-electron chi connectivity index (χ4n) is 2.41. The van der Waals surface area contributed by atoms with Crippen LogP contribution in [0.1, 0.15) is 25.3 Å². The summed E-state index contributed by atoms with van der Waals surface area (Å²) >= 11 is 6.11. The second kappa shape index (κ2) is 7.35. The highest BCUT2D eigenvalue weighted by molar-refractivity contribution is 6.33. The molecule has 0 aliphatic carbocycles. The van der Waals surface area contributed by atoms with E-state index in [0.717, 1.165) is 25.9 Å². The number of carbonyl (C=O) groups excluding carboxylic acids is 1. The van der Waals surface area contributed by atoms with Crippen molar-refractivity contribution in [3.05, 3.63) is 28.8 Å². The van der Waals surface area contributed by atoms with Gasteiger partial charge in [0, 0.05) is 18.7 Å². The Balaban J connectivity index is 2.09. The lowest BCUT2D eigenvalue weighted by Crippen LogP contribution is -2.41. The normalized spacial score (nSPS) is 17.9. The van der Waals surface area contributed by atoms with Crippen molar-refractivity contribution in [2.24, 2.45) is 5.92 Å². The molecule has 21 heavy (non-hydrogen) atoms. The largest absolute Gasteiger partial charge is 0.384 e. The van der Waals surface area contributed by atoms with Gasteiger partial charge in [0.2, 0.25) is 0 Å². The molecule has 4 nitrogen and oxygen atoms in total. The molecule has 2 rings (SSSR count). The first-order valence-electron chi connectivity index (χ1n) is 7.05. The summed E-state index contributed by atoms with van der Waals surface area (Å²) in [7, 11) is 0. The minimum Gasteiger partial charge on any atom is -0.384 e. The number of hydrogen-bond donors (Lipinski definition) is 2. The summed E-state index contributed by atoms with van der Waals surface area (Å²) in [6, 6.07) is 5.03. The van der Waals surface area contributed by atoms with E-state index < -0.39 is 0 Å². The molecule has 0 aromatic heterocycles. The van der Waals surface area contributed by atoms with Crippen molar-refractivity contribution >= 4 is 23.3 Å². The Morgan fingerprint density at radius 2 is 2.38 bits per heavy atom. The van der Waals surface area contributed by atoms with Gasteiger partial charge in [-0.25, -0.2) is 4.79 Å². The van der Waals surface area contributed by atoms with Crippen LogP contribution in [-0.4, -0.2) is 35.7 Å². The van der Waals surface area contributed by atoms with Gasteiger partial charge in [-0.05, 0) is 37.0 Å². The average Bonchev–Trinajstić information content (AvgIpc) is 2.48. The molecule has 0 saturated carbocycles. The molecular weight excluding hydrogens is 288 g/mol. The number of urea groups is 1. The smallest absolute Gasteiger partial charge is 0.321 e. The van der Waals surface area contributed by atoms with E-state index in [4.69, 9.17) is 16.7 Å². The molecule has 1 fully saturated rings.